The number of hydrogen-bond donors (Lipinski definition) is 1. The number of nitrogens with one attached hydrogen (secondary N) is 1. The molecule has 2 aliphatic heterocycles. The van der Waals surface area contributed by atoms with Crippen LogP contribution >= 0.6 is 0 Å². The van der Waals surface area contributed by atoms with Gasteiger partial charge in [0.25, 0.3) is 11.8 Å². The molecule has 0 aromatic heterocycles. The number of amides is 3. The molecule has 0 aliphatic carbocycles. The van der Waals surface area contributed by atoms with Gasteiger partial charge in [0.05, 0.1) is 38.1 Å². The van der Waals surface area contributed by atoms with Crippen LogP contribution < -0.4 is 19.7 Å². The second-order valence-electron chi connectivity index (χ2n) is 7.12. The van der Waals surface area contributed by atoms with E-state index in [9.17, 15) is 19.2 Å². The molecule has 0 fully saturated rings. The number of para-hydroxylation sites is 1. The van der Waals surface area contributed by atoms with E-state index in [1.807, 2.05) is 0 Å². The topological polar surface area (TPSA) is 114 Å². The predicted molar refractivity (Wildman–Crippen MR) is 112 cm³/mol. The third-order valence-corrected chi connectivity index (χ3v) is 5.45. The van der Waals surface area contributed by atoms with Crippen molar-refractivity contribution in [3.63, 3.8) is 0 Å². The summed E-state index contributed by atoms with van der Waals surface area (Å²) in [4.78, 5) is 53.5. The Kier molecular flexibility index (Phi) is 5.43. The van der Waals surface area contributed by atoms with Crippen molar-refractivity contribution in [1.82, 2.24) is 10.2 Å². The van der Waals surface area contributed by atoms with Crippen LogP contribution in [0.2, 0.25) is 0 Å². The molecule has 0 bridgehead atoms. The van der Waals surface area contributed by atoms with Crippen molar-refractivity contribution in [1.29, 1.82) is 0 Å². The van der Waals surface area contributed by atoms with Crippen LogP contribution in [0.15, 0.2) is 36.4 Å². The zero-order valence-electron chi connectivity index (χ0n) is 17.7. The van der Waals surface area contributed by atoms with Crippen molar-refractivity contribution < 1.29 is 33.4 Å². The molecule has 2 aliphatic rings. The number of esters is 1. The van der Waals surface area contributed by atoms with Gasteiger partial charge in [-0.15, -0.1) is 0 Å². The monoisotopic (exact) mass is 439 g/mol. The molecule has 2 aromatic carbocycles. The van der Waals surface area contributed by atoms with Gasteiger partial charge in [-0.2, -0.15) is 0 Å². The largest absolute Gasteiger partial charge is 0.493 e. The molecule has 32 heavy (non-hydrogen) atoms. The number of carbonyl (C=O) groups excluding carboxylic acids is 4. The average Bonchev–Trinajstić information content (AvgIpc) is 3.11. The first-order valence-corrected chi connectivity index (χ1v) is 9.74. The summed E-state index contributed by atoms with van der Waals surface area (Å²) in [6, 6.07) is 10.0. The van der Waals surface area contributed by atoms with E-state index in [1.165, 1.54) is 31.1 Å². The summed E-state index contributed by atoms with van der Waals surface area (Å²) in [5, 5.41) is 2.43. The van der Waals surface area contributed by atoms with E-state index in [0.29, 0.717) is 17.0 Å². The lowest BCUT2D eigenvalue weighted by Crippen LogP contribution is -2.51. The van der Waals surface area contributed by atoms with Crippen molar-refractivity contribution in [3.8, 4) is 11.5 Å². The second kappa shape index (κ2) is 8.22. The maximum Gasteiger partial charge on any atom is 0.325 e. The van der Waals surface area contributed by atoms with Crippen LogP contribution in [0, 0.1) is 0 Å². The van der Waals surface area contributed by atoms with Gasteiger partial charge in [0, 0.05) is 5.56 Å². The number of benzene rings is 2. The van der Waals surface area contributed by atoms with E-state index in [2.05, 4.69) is 10.1 Å². The molecule has 0 unspecified atom stereocenters. The average molecular weight is 439 g/mol. The molecule has 2 heterocycles. The van der Waals surface area contributed by atoms with Crippen molar-refractivity contribution >= 4 is 29.4 Å². The molecule has 0 radical (unpaired) electrons. The van der Waals surface area contributed by atoms with Gasteiger partial charge in [0.2, 0.25) is 5.91 Å². The summed E-state index contributed by atoms with van der Waals surface area (Å²) in [5.41, 5.74) is 1.50. The zero-order valence-corrected chi connectivity index (χ0v) is 17.7. The minimum Gasteiger partial charge on any atom is -0.493 e. The molecule has 0 saturated carbocycles. The van der Waals surface area contributed by atoms with E-state index in [1.54, 1.807) is 36.4 Å². The SMILES string of the molecule is COC(=O)CNC(=O)CN1C(=O)c2ccccc2N2C(=O)c3c(ccc(OC)c3OC)[C@H]12. The molecular formula is C22H21N3O7. The molecule has 166 valence electrons. The highest BCUT2D eigenvalue weighted by Gasteiger charge is 2.50. The fraction of sp³-hybridized carbons (Fsp3) is 0.273. The number of carbonyl (C=O) groups is 4. The maximum absolute atomic E-state index is 13.5. The Morgan fingerprint density at radius 3 is 2.44 bits per heavy atom. The number of ether oxygens (including phenoxy) is 3. The van der Waals surface area contributed by atoms with Crippen LogP contribution in [-0.4, -0.2) is 63.0 Å². The van der Waals surface area contributed by atoms with Crippen LogP contribution in [0.5, 0.6) is 11.5 Å². The highest BCUT2D eigenvalue weighted by molar-refractivity contribution is 6.18. The van der Waals surface area contributed by atoms with E-state index in [-0.39, 0.29) is 35.9 Å². The van der Waals surface area contributed by atoms with Crippen molar-refractivity contribution in [3.05, 3.63) is 53.1 Å². The predicted octanol–water partition coefficient (Wildman–Crippen LogP) is 1.11. The second-order valence-corrected chi connectivity index (χ2v) is 7.12. The maximum atomic E-state index is 13.5. The van der Waals surface area contributed by atoms with Crippen LogP contribution in [0.25, 0.3) is 0 Å². The first-order chi connectivity index (χ1) is 15.4. The zero-order chi connectivity index (χ0) is 23.0. The molecule has 1 atom stereocenters. The molecule has 10 heteroatoms. The van der Waals surface area contributed by atoms with Crippen LogP contribution in [0.4, 0.5) is 5.69 Å². The molecule has 10 nitrogen and oxygen atoms in total. The van der Waals surface area contributed by atoms with Crippen molar-refractivity contribution in [2.45, 2.75) is 6.17 Å². The first-order valence-electron chi connectivity index (χ1n) is 9.74. The molecule has 3 amide bonds. The number of anilines is 1. The van der Waals surface area contributed by atoms with E-state index in [0.717, 1.165) is 0 Å². The molecule has 1 N–H and O–H groups in total. The fourth-order valence-corrected chi connectivity index (χ4v) is 4.04. The van der Waals surface area contributed by atoms with Gasteiger partial charge in [-0.1, -0.05) is 18.2 Å². The Balaban J connectivity index is 1.80. The van der Waals surface area contributed by atoms with Crippen LogP contribution in [0.3, 0.4) is 0 Å². The molecule has 2 aromatic rings. The smallest absolute Gasteiger partial charge is 0.325 e. The Hall–Kier alpha value is -4.08. The van der Waals surface area contributed by atoms with Gasteiger partial charge in [-0.05, 0) is 18.2 Å². The Morgan fingerprint density at radius 1 is 1.00 bits per heavy atom. The molecule has 4 rings (SSSR count). The summed E-state index contributed by atoms with van der Waals surface area (Å²) in [6.45, 7) is -0.699. The molecule has 0 spiro atoms. The Labute approximate surface area is 183 Å². The number of rotatable bonds is 6. The van der Waals surface area contributed by atoms with E-state index in [4.69, 9.17) is 9.47 Å². The van der Waals surface area contributed by atoms with Gasteiger partial charge >= 0.3 is 5.97 Å². The Morgan fingerprint density at radius 2 is 1.75 bits per heavy atom. The van der Waals surface area contributed by atoms with Gasteiger partial charge in [0.1, 0.15) is 19.3 Å². The summed E-state index contributed by atoms with van der Waals surface area (Å²) in [6.07, 6.45) is -0.858. The quantitative estimate of drug-likeness (QED) is 0.671. The highest BCUT2D eigenvalue weighted by Crippen LogP contribution is 2.49. The lowest BCUT2D eigenvalue weighted by molar-refractivity contribution is -0.141. The minimum absolute atomic E-state index is 0.254. The van der Waals surface area contributed by atoms with Gasteiger partial charge < -0.3 is 24.4 Å². The van der Waals surface area contributed by atoms with Crippen molar-refractivity contribution in [2.24, 2.45) is 0 Å². The van der Waals surface area contributed by atoms with Crippen LogP contribution in [0.1, 0.15) is 32.4 Å². The van der Waals surface area contributed by atoms with Crippen molar-refractivity contribution in [2.75, 3.05) is 39.3 Å². The third-order valence-electron chi connectivity index (χ3n) is 5.45. The minimum atomic E-state index is -0.858. The van der Waals surface area contributed by atoms with E-state index >= 15 is 0 Å². The van der Waals surface area contributed by atoms with Gasteiger partial charge in [-0.3, -0.25) is 24.1 Å². The normalized spacial score (nSPS) is 16.2. The van der Waals surface area contributed by atoms with Gasteiger partial charge in [-0.25, -0.2) is 0 Å². The summed E-state index contributed by atoms with van der Waals surface area (Å²) in [7, 11) is 4.10. The Bertz CT molecular complexity index is 1130. The fourth-order valence-electron chi connectivity index (χ4n) is 4.04. The standard InChI is InChI=1S/C22H21N3O7/c1-30-15-9-8-13-18(19(15)32-3)22(29)25-14-7-5-4-6-12(14)21(28)24(20(13)25)11-16(26)23-10-17(27)31-2/h4-9,20H,10-11H2,1-3H3,(H,23,26)/t20-/m1/s1. The first kappa shape index (κ1) is 21.2. The number of fused-ring (bicyclic) bond motifs is 5. The highest BCUT2D eigenvalue weighted by atomic mass is 16.5. The van der Waals surface area contributed by atoms with E-state index < -0.39 is 23.9 Å². The summed E-state index contributed by atoms with van der Waals surface area (Å²) >= 11 is 0. The molecule has 0 saturated heterocycles. The lowest BCUT2D eigenvalue weighted by Gasteiger charge is -2.40. The van der Waals surface area contributed by atoms with Crippen LogP contribution in [-0.2, 0) is 14.3 Å². The number of nitrogens with zero attached hydrogens (tertiary/aromatic N) is 2. The lowest BCUT2D eigenvalue weighted by atomic mass is 10.0. The molecular weight excluding hydrogens is 418 g/mol. The number of methoxy groups -OCH3 is 3. The van der Waals surface area contributed by atoms with Gasteiger partial charge in [0.15, 0.2) is 11.5 Å². The third kappa shape index (κ3) is 3.20. The number of hydrogen-bond acceptors (Lipinski definition) is 7. The summed E-state index contributed by atoms with van der Waals surface area (Å²) < 4.78 is 15.3. The summed E-state index contributed by atoms with van der Waals surface area (Å²) in [5.74, 6) is -1.34.